The Hall–Kier alpha value is -3.20. The van der Waals surface area contributed by atoms with Crippen LogP contribution in [0.4, 0.5) is 13.2 Å². The normalized spacial score (nSPS) is 12.4. The number of hydrogen-bond acceptors (Lipinski definition) is 5. The molecule has 0 bridgehead atoms. The van der Waals surface area contributed by atoms with Crippen molar-refractivity contribution < 1.29 is 37.1 Å². The van der Waals surface area contributed by atoms with E-state index in [4.69, 9.17) is 26.0 Å². The van der Waals surface area contributed by atoms with E-state index in [2.05, 4.69) is 9.89 Å². The maximum atomic E-state index is 12.4. The number of nitrogens with zero attached hydrogens (tertiary/aromatic N) is 1. The monoisotopic (exact) mass is 441 g/mol. The van der Waals surface area contributed by atoms with Crippen molar-refractivity contribution in [2.45, 2.75) is 25.3 Å². The van der Waals surface area contributed by atoms with Crippen LogP contribution in [-0.4, -0.2) is 22.6 Å². The van der Waals surface area contributed by atoms with Crippen molar-refractivity contribution >= 4 is 17.6 Å². The molecule has 0 aliphatic carbocycles. The second-order valence-electron chi connectivity index (χ2n) is 6.25. The Balaban J connectivity index is 1.69. The number of benzene rings is 2. The molecule has 10 heteroatoms. The summed E-state index contributed by atoms with van der Waals surface area (Å²) in [6.07, 6.45) is -3.65. The van der Waals surface area contributed by atoms with Crippen LogP contribution >= 0.6 is 11.6 Å². The standard InChI is InChI=1S/C20H15ClF3NO5/c21-16-6-1-12(9-18(16)30-20(22,23)24)11-28-14-4-2-13(3-5-14)15(10-19(26)27)17-7-8-29-25-17/h1-9,15H,10-11H2,(H,26,27). The molecular weight excluding hydrogens is 427 g/mol. The highest BCUT2D eigenvalue weighted by Crippen LogP contribution is 2.32. The van der Waals surface area contributed by atoms with Gasteiger partial charge >= 0.3 is 12.3 Å². The molecule has 0 spiro atoms. The van der Waals surface area contributed by atoms with Gasteiger partial charge in [-0.25, -0.2) is 0 Å². The largest absolute Gasteiger partial charge is 0.573 e. The lowest BCUT2D eigenvalue weighted by Crippen LogP contribution is -2.17. The van der Waals surface area contributed by atoms with Gasteiger partial charge in [-0.05, 0) is 35.4 Å². The number of halogens is 4. The fourth-order valence-corrected chi connectivity index (χ4v) is 2.93. The van der Waals surface area contributed by atoms with Crippen LogP contribution in [0, 0.1) is 0 Å². The maximum absolute atomic E-state index is 12.4. The smallest absolute Gasteiger partial charge is 0.489 e. The first-order valence-corrected chi connectivity index (χ1v) is 8.98. The molecule has 0 saturated carbocycles. The van der Waals surface area contributed by atoms with E-state index in [0.717, 1.165) is 6.07 Å². The van der Waals surface area contributed by atoms with Crippen LogP contribution in [-0.2, 0) is 11.4 Å². The van der Waals surface area contributed by atoms with Crippen LogP contribution in [0.1, 0.15) is 29.2 Å². The van der Waals surface area contributed by atoms with Crippen molar-refractivity contribution in [1.82, 2.24) is 5.16 Å². The maximum Gasteiger partial charge on any atom is 0.573 e. The van der Waals surface area contributed by atoms with E-state index in [0.29, 0.717) is 22.6 Å². The first kappa shape index (κ1) is 21.5. The van der Waals surface area contributed by atoms with E-state index in [-0.39, 0.29) is 18.1 Å². The van der Waals surface area contributed by atoms with E-state index in [9.17, 15) is 18.0 Å². The molecule has 0 fully saturated rings. The number of alkyl halides is 3. The van der Waals surface area contributed by atoms with Crippen molar-refractivity contribution in [2.24, 2.45) is 0 Å². The van der Waals surface area contributed by atoms with Crippen molar-refractivity contribution in [3.05, 3.63) is 76.6 Å². The van der Waals surface area contributed by atoms with E-state index in [1.54, 1.807) is 30.3 Å². The lowest BCUT2D eigenvalue weighted by atomic mass is 9.92. The average Bonchev–Trinajstić information content (AvgIpc) is 3.20. The van der Waals surface area contributed by atoms with E-state index in [1.165, 1.54) is 18.4 Å². The molecule has 1 atom stereocenters. The molecule has 158 valence electrons. The van der Waals surface area contributed by atoms with Gasteiger partial charge in [-0.1, -0.05) is 35.0 Å². The second-order valence-corrected chi connectivity index (χ2v) is 6.65. The number of carboxylic acid groups (broad SMARTS) is 1. The van der Waals surface area contributed by atoms with Gasteiger partial charge in [0.25, 0.3) is 0 Å². The van der Waals surface area contributed by atoms with Crippen LogP contribution in [0.5, 0.6) is 11.5 Å². The molecule has 0 aliphatic rings. The quantitative estimate of drug-likeness (QED) is 0.503. The third-order valence-corrected chi connectivity index (χ3v) is 4.42. The summed E-state index contributed by atoms with van der Waals surface area (Å²) in [5.41, 5.74) is 1.62. The number of hydrogen-bond donors (Lipinski definition) is 1. The molecule has 1 heterocycles. The molecule has 6 nitrogen and oxygen atoms in total. The third-order valence-electron chi connectivity index (χ3n) is 4.10. The Morgan fingerprint density at radius 2 is 1.90 bits per heavy atom. The zero-order valence-corrected chi connectivity index (χ0v) is 16.0. The lowest BCUT2D eigenvalue weighted by Gasteiger charge is -2.14. The molecule has 2 aromatic carbocycles. The first-order valence-electron chi connectivity index (χ1n) is 8.60. The molecule has 0 radical (unpaired) electrons. The summed E-state index contributed by atoms with van der Waals surface area (Å²) >= 11 is 5.73. The molecule has 1 unspecified atom stereocenters. The van der Waals surface area contributed by atoms with E-state index >= 15 is 0 Å². The van der Waals surface area contributed by atoms with Crippen LogP contribution in [0.15, 0.2) is 59.3 Å². The number of aromatic nitrogens is 1. The second kappa shape index (κ2) is 9.08. The molecule has 0 saturated heterocycles. The fourth-order valence-electron chi connectivity index (χ4n) is 2.77. The summed E-state index contributed by atoms with van der Waals surface area (Å²) < 4.78 is 51.6. The van der Waals surface area contributed by atoms with Gasteiger partial charge in [-0.2, -0.15) is 0 Å². The van der Waals surface area contributed by atoms with Crippen LogP contribution in [0.3, 0.4) is 0 Å². The lowest BCUT2D eigenvalue weighted by molar-refractivity contribution is -0.274. The van der Waals surface area contributed by atoms with Gasteiger partial charge in [-0.3, -0.25) is 4.79 Å². The Morgan fingerprint density at radius 1 is 1.17 bits per heavy atom. The van der Waals surface area contributed by atoms with Crippen LogP contribution in [0.25, 0.3) is 0 Å². The average molecular weight is 442 g/mol. The van der Waals surface area contributed by atoms with Gasteiger partial charge in [0.15, 0.2) is 0 Å². The zero-order chi connectivity index (χ0) is 21.7. The molecule has 3 aromatic rings. The number of carbonyl (C=O) groups is 1. The van der Waals surface area contributed by atoms with Crippen molar-refractivity contribution in [1.29, 1.82) is 0 Å². The molecule has 1 N–H and O–H groups in total. The summed E-state index contributed by atoms with van der Waals surface area (Å²) in [6.45, 7) is -0.0213. The first-order chi connectivity index (χ1) is 14.2. The van der Waals surface area contributed by atoms with Crippen LogP contribution in [0.2, 0.25) is 5.02 Å². The fraction of sp³-hybridized carbons (Fsp3) is 0.200. The van der Waals surface area contributed by atoms with Crippen molar-refractivity contribution in [3.8, 4) is 11.5 Å². The van der Waals surface area contributed by atoms with E-state index < -0.39 is 24.0 Å². The predicted octanol–water partition coefficient (Wildman–Crippen LogP) is 5.41. The predicted molar refractivity (Wildman–Crippen MR) is 99.5 cm³/mol. The minimum atomic E-state index is -4.85. The highest BCUT2D eigenvalue weighted by atomic mass is 35.5. The summed E-state index contributed by atoms with van der Waals surface area (Å²) in [7, 11) is 0. The molecule has 0 aliphatic heterocycles. The number of rotatable bonds is 8. The highest BCUT2D eigenvalue weighted by molar-refractivity contribution is 6.32. The topological polar surface area (TPSA) is 81.8 Å². The molecule has 3 rings (SSSR count). The van der Waals surface area contributed by atoms with E-state index in [1.807, 2.05) is 0 Å². The summed E-state index contributed by atoms with van der Waals surface area (Å²) in [5, 5.41) is 12.8. The summed E-state index contributed by atoms with van der Waals surface area (Å²) in [6, 6.07) is 12.2. The van der Waals surface area contributed by atoms with Gasteiger partial charge < -0.3 is 19.1 Å². The summed E-state index contributed by atoms with van der Waals surface area (Å²) in [4.78, 5) is 11.2. The van der Waals surface area contributed by atoms with Gasteiger partial charge in [0.05, 0.1) is 17.1 Å². The van der Waals surface area contributed by atoms with Gasteiger partial charge in [-0.15, -0.1) is 13.2 Å². The zero-order valence-electron chi connectivity index (χ0n) is 15.2. The van der Waals surface area contributed by atoms with Gasteiger partial charge in [0, 0.05) is 12.0 Å². The Labute approximate surface area is 173 Å². The van der Waals surface area contributed by atoms with Gasteiger partial charge in [0.1, 0.15) is 24.4 Å². The number of carboxylic acids is 1. The number of ether oxygens (including phenoxy) is 2. The van der Waals surface area contributed by atoms with Crippen LogP contribution < -0.4 is 9.47 Å². The Morgan fingerprint density at radius 3 is 2.50 bits per heavy atom. The van der Waals surface area contributed by atoms with Crippen molar-refractivity contribution in [2.75, 3.05) is 0 Å². The molecular formula is C20H15ClF3NO5. The molecule has 1 aromatic heterocycles. The number of aliphatic carboxylic acids is 1. The minimum Gasteiger partial charge on any atom is -0.489 e. The third kappa shape index (κ3) is 5.90. The van der Waals surface area contributed by atoms with Crippen molar-refractivity contribution in [3.63, 3.8) is 0 Å². The Kier molecular flexibility index (Phi) is 6.51. The summed E-state index contributed by atoms with van der Waals surface area (Å²) in [5.74, 6) is -1.54. The highest BCUT2D eigenvalue weighted by Gasteiger charge is 2.32. The minimum absolute atomic E-state index is 0.0213. The SMILES string of the molecule is O=C(O)CC(c1ccc(OCc2ccc(Cl)c(OC(F)(F)F)c2)cc1)c1ccon1. The Bertz CT molecular complexity index is 991. The molecule has 0 amide bonds. The molecule has 30 heavy (non-hydrogen) atoms. The van der Waals surface area contributed by atoms with Gasteiger partial charge in [0.2, 0.25) is 0 Å².